The second kappa shape index (κ2) is 12.1. The van der Waals surface area contributed by atoms with Crippen molar-refractivity contribution in [2.45, 2.75) is 0 Å². The van der Waals surface area contributed by atoms with Crippen LogP contribution in [0.3, 0.4) is 0 Å². The quantitative estimate of drug-likeness (QED) is 0.306. The lowest BCUT2D eigenvalue weighted by Gasteiger charge is -2.21. The molecule has 0 aromatic heterocycles. The number of carbonyl (C=O) groups is 2. The molecule has 3 aromatic rings. The predicted molar refractivity (Wildman–Crippen MR) is 136 cm³/mol. The largest absolute Gasteiger partial charge is 0.484 e. The Morgan fingerprint density at radius 3 is 2.33 bits per heavy atom. The van der Waals surface area contributed by atoms with Gasteiger partial charge in [-0.2, -0.15) is 5.10 Å². The van der Waals surface area contributed by atoms with Gasteiger partial charge in [0.2, 0.25) is 10.0 Å². The van der Waals surface area contributed by atoms with Crippen LogP contribution >= 0.6 is 11.6 Å². The molecule has 188 valence electrons. The first-order valence-electron chi connectivity index (χ1n) is 10.4. The van der Waals surface area contributed by atoms with Crippen LogP contribution in [0.1, 0.15) is 5.56 Å². The van der Waals surface area contributed by atoms with Gasteiger partial charge in [0.05, 0.1) is 28.9 Å². The van der Waals surface area contributed by atoms with Crippen LogP contribution in [0.4, 0.5) is 15.8 Å². The Kier molecular flexibility index (Phi) is 8.98. The van der Waals surface area contributed by atoms with Crippen LogP contribution in [0.25, 0.3) is 0 Å². The summed E-state index contributed by atoms with van der Waals surface area (Å²) in [5, 5.41) is 6.89. The molecule has 9 nitrogen and oxygen atoms in total. The maximum absolute atomic E-state index is 13.1. The fraction of sp³-hybridized carbons (Fsp3) is 0.125. The summed E-state index contributed by atoms with van der Waals surface area (Å²) in [7, 11) is -3.79. The summed E-state index contributed by atoms with van der Waals surface area (Å²) >= 11 is 6.01. The number of anilines is 2. The van der Waals surface area contributed by atoms with Crippen LogP contribution in [0.2, 0.25) is 5.02 Å². The molecule has 36 heavy (non-hydrogen) atoms. The van der Waals surface area contributed by atoms with Crippen molar-refractivity contribution in [1.29, 1.82) is 0 Å². The molecule has 3 aromatic carbocycles. The van der Waals surface area contributed by atoms with Gasteiger partial charge in [-0.05, 0) is 66.2 Å². The van der Waals surface area contributed by atoms with E-state index in [4.69, 9.17) is 16.3 Å². The number of hydrogen-bond donors (Lipinski definition) is 2. The van der Waals surface area contributed by atoms with Gasteiger partial charge in [-0.25, -0.2) is 18.2 Å². The number of rotatable bonds is 10. The van der Waals surface area contributed by atoms with Crippen molar-refractivity contribution < 1.29 is 27.1 Å². The Hall–Kier alpha value is -3.96. The molecule has 3 rings (SSSR count). The molecule has 0 aliphatic rings. The van der Waals surface area contributed by atoms with E-state index in [1.807, 2.05) is 0 Å². The van der Waals surface area contributed by atoms with Crippen molar-refractivity contribution in [1.82, 2.24) is 5.43 Å². The number of sulfonamides is 1. The highest BCUT2D eigenvalue weighted by Gasteiger charge is 2.20. The first-order valence-corrected chi connectivity index (χ1v) is 12.7. The third-order valence-electron chi connectivity index (χ3n) is 4.60. The Balaban J connectivity index is 1.49. The first kappa shape index (κ1) is 26.6. The van der Waals surface area contributed by atoms with E-state index in [-0.39, 0.29) is 18.2 Å². The molecule has 0 radical (unpaired) electrons. The number of benzene rings is 3. The third-order valence-corrected chi connectivity index (χ3v) is 6.07. The highest BCUT2D eigenvalue weighted by atomic mass is 35.5. The highest BCUT2D eigenvalue weighted by molar-refractivity contribution is 7.92. The SMILES string of the molecule is CS(=O)(=O)N(CC(=O)N/N=C\c1ccc(OCC(=O)Nc2ccccc2Cl)cc1)c1ccc(F)cc1. The van der Waals surface area contributed by atoms with Crippen molar-refractivity contribution in [3.8, 4) is 5.75 Å². The molecule has 0 aliphatic heterocycles. The number of halogens is 2. The molecule has 0 saturated heterocycles. The zero-order valence-corrected chi connectivity index (χ0v) is 20.6. The summed E-state index contributed by atoms with van der Waals surface area (Å²) in [5.74, 6) is -1.16. The molecule has 0 aliphatic carbocycles. The summed E-state index contributed by atoms with van der Waals surface area (Å²) in [6.45, 7) is -0.759. The van der Waals surface area contributed by atoms with Crippen molar-refractivity contribution in [3.05, 3.63) is 89.2 Å². The zero-order valence-electron chi connectivity index (χ0n) is 19.0. The number of amides is 2. The number of hydrogen-bond acceptors (Lipinski definition) is 6. The van der Waals surface area contributed by atoms with Crippen LogP contribution < -0.4 is 19.8 Å². The molecule has 0 atom stereocenters. The normalized spacial score (nSPS) is 11.2. The maximum Gasteiger partial charge on any atom is 0.262 e. The number of hydrazone groups is 1. The van der Waals surface area contributed by atoms with Gasteiger partial charge in [-0.3, -0.25) is 13.9 Å². The van der Waals surface area contributed by atoms with Crippen molar-refractivity contribution in [2.75, 3.05) is 29.0 Å². The van der Waals surface area contributed by atoms with Gasteiger partial charge < -0.3 is 10.1 Å². The van der Waals surface area contributed by atoms with E-state index in [0.717, 1.165) is 22.7 Å². The standard InChI is InChI=1S/C24H22ClFN4O5S/c1-36(33,34)30(19-10-8-18(26)9-11-19)15-23(31)29-27-14-17-6-12-20(13-7-17)35-16-24(32)28-22-5-3-2-4-21(22)25/h2-14H,15-16H2,1H3,(H,28,32)(H,29,31)/b27-14-. The third kappa shape index (κ3) is 8.07. The predicted octanol–water partition coefficient (Wildman–Crippen LogP) is 3.41. The molecule has 0 heterocycles. The molecule has 2 amide bonds. The second-order valence-corrected chi connectivity index (χ2v) is 9.74. The summed E-state index contributed by atoms with van der Waals surface area (Å²) in [4.78, 5) is 24.3. The van der Waals surface area contributed by atoms with Crippen LogP contribution in [0, 0.1) is 5.82 Å². The van der Waals surface area contributed by atoms with Crippen molar-refractivity contribution in [2.24, 2.45) is 5.10 Å². The summed E-state index contributed by atoms with van der Waals surface area (Å²) in [6, 6.07) is 18.1. The summed E-state index contributed by atoms with van der Waals surface area (Å²) in [5.41, 5.74) is 3.50. The number of nitrogens with one attached hydrogen (secondary N) is 2. The van der Waals surface area contributed by atoms with E-state index >= 15 is 0 Å². The van der Waals surface area contributed by atoms with E-state index in [9.17, 15) is 22.4 Å². The van der Waals surface area contributed by atoms with Crippen LogP contribution in [-0.2, 0) is 19.6 Å². The van der Waals surface area contributed by atoms with E-state index < -0.39 is 28.3 Å². The average Bonchev–Trinajstić information content (AvgIpc) is 2.83. The van der Waals surface area contributed by atoms with Gasteiger partial charge >= 0.3 is 0 Å². The minimum atomic E-state index is -3.79. The Labute approximate surface area is 212 Å². The van der Waals surface area contributed by atoms with Gasteiger partial charge in [0, 0.05) is 0 Å². The lowest BCUT2D eigenvalue weighted by Crippen LogP contribution is -2.39. The van der Waals surface area contributed by atoms with E-state index in [0.29, 0.717) is 22.0 Å². The van der Waals surface area contributed by atoms with Gasteiger partial charge in [0.15, 0.2) is 6.61 Å². The maximum atomic E-state index is 13.1. The molecule has 0 fully saturated rings. The molecular weight excluding hydrogens is 511 g/mol. The van der Waals surface area contributed by atoms with Gasteiger partial charge in [-0.1, -0.05) is 23.7 Å². The average molecular weight is 533 g/mol. The van der Waals surface area contributed by atoms with E-state index in [2.05, 4.69) is 15.8 Å². The minimum absolute atomic E-state index is 0.147. The number of nitrogens with zero attached hydrogens (tertiary/aromatic N) is 2. The van der Waals surface area contributed by atoms with Crippen LogP contribution in [-0.4, -0.2) is 45.9 Å². The van der Waals surface area contributed by atoms with Crippen LogP contribution in [0.5, 0.6) is 5.75 Å². The summed E-state index contributed by atoms with van der Waals surface area (Å²) in [6.07, 6.45) is 2.30. The molecule has 0 saturated carbocycles. The van der Waals surface area contributed by atoms with Gasteiger partial charge in [-0.15, -0.1) is 0 Å². The lowest BCUT2D eigenvalue weighted by molar-refractivity contribution is -0.119. The fourth-order valence-electron chi connectivity index (χ4n) is 2.90. The molecular formula is C24H22ClFN4O5S. The van der Waals surface area contributed by atoms with Gasteiger partial charge in [0.25, 0.3) is 11.8 Å². The molecule has 0 unspecified atom stereocenters. The highest BCUT2D eigenvalue weighted by Crippen LogP contribution is 2.20. The molecule has 12 heteroatoms. The summed E-state index contributed by atoms with van der Waals surface area (Å²) < 4.78 is 43.5. The lowest BCUT2D eigenvalue weighted by atomic mass is 10.2. The topological polar surface area (TPSA) is 117 Å². The second-order valence-electron chi connectivity index (χ2n) is 7.42. The van der Waals surface area contributed by atoms with Crippen molar-refractivity contribution in [3.63, 3.8) is 0 Å². The Morgan fingerprint density at radius 2 is 1.69 bits per heavy atom. The Bertz CT molecular complexity index is 1350. The van der Waals surface area contributed by atoms with E-state index in [1.54, 1.807) is 48.5 Å². The molecule has 2 N–H and O–H groups in total. The Morgan fingerprint density at radius 1 is 1.03 bits per heavy atom. The number of carbonyl (C=O) groups excluding carboxylic acids is 2. The van der Waals surface area contributed by atoms with E-state index in [1.165, 1.54) is 18.3 Å². The minimum Gasteiger partial charge on any atom is -0.484 e. The number of ether oxygens (including phenoxy) is 1. The van der Waals surface area contributed by atoms with Crippen LogP contribution in [0.15, 0.2) is 77.9 Å². The molecule has 0 spiro atoms. The smallest absolute Gasteiger partial charge is 0.262 e. The number of para-hydroxylation sites is 1. The zero-order chi connectivity index (χ0) is 26.1. The first-order chi connectivity index (χ1) is 17.1. The fourth-order valence-corrected chi connectivity index (χ4v) is 3.94. The monoisotopic (exact) mass is 532 g/mol. The van der Waals surface area contributed by atoms with Gasteiger partial charge in [0.1, 0.15) is 18.1 Å². The van der Waals surface area contributed by atoms with Crippen molar-refractivity contribution >= 4 is 51.0 Å². The molecule has 0 bridgehead atoms.